The first-order valence-electron chi connectivity index (χ1n) is 9.30. The van der Waals surface area contributed by atoms with Gasteiger partial charge in [0, 0.05) is 41.2 Å². The number of nitrogens with one attached hydrogen (secondary N) is 1. The normalized spacial score (nSPS) is 10.8. The number of thioether (sulfide) groups is 1. The molecule has 30 heavy (non-hydrogen) atoms. The van der Waals surface area contributed by atoms with Crippen LogP contribution in [0, 0.1) is 0 Å². The van der Waals surface area contributed by atoms with Crippen LogP contribution >= 0.6 is 35.0 Å². The predicted octanol–water partition coefficient (Wildman–Crippen LogP) is 4.62. The van der Waals surface area contributed by atoms with Gasteiger partial charge in [-0.3, -0.25) is 14.2 Å². The molecule has 0 aliphatic carbocycles. The maximum atomic E-state index is 12.5. The molecule has 0 saturated heterocycles. The van der Waals surface area contributed by atoms with E-state index in [2.05, 4.69) is 15.5 Å². The summed E-state index contributed by atoms with van der Waals surface area (Å²) in [5.41, 5.74) is 1.46. The molecule has 0 aliphatic heterocycles. The predicted molar refractivity (Wildman–Crippen MR) is 120 cm³/mol. The van der Waals surface area contributed by atoms with Gasteiger partial charge in [-0.15, -0.1) is 10.2 Å². The van der Waals surface area contributed by atoms with E-state index in [9.17, 15) is 9.59 Å². The topological polar surface area (TPSA) is 76.9 Å². The zero-order chi connectivity index (χ0) is 21.5. The summed E-state index contributed by atoms with van der Waals surface area (Å²) in [4.78, 5) is 23.6. The average Bonchev–Trinajstić information content (AvgIpc) is 3.13. The number of halogens is 2. The van der Waals surface area contributed by atoms with Crippen molar-refractivity contribution in [3.05, 3.63) is 70.0 Å². The summed E-state index contributed by atoms with van der Waals surface area (Å²) < 4.78 is 1.92. The van der Waals surface area contributed by atoms with Gasteiger partial charge in [-0.05, 0) is 55.0 Å². The highest BCUT2D eigenvalue weighted by Gasteiger charge is 2.16. The number of carbonyl (C=O) groups excluding carboxylic acids is 2. The standard InChI is InChI=1S/C21H20Cl2N4O2S/c1-14(28)24-12-2-3-20-25-26-21(27(20)18-10-8-17(23)9-11-18)30-13-19(29)15-4-6-16(22)7-5-15/h4-11H,2-3,12-13H2,1H3,(H,24,28). The smallest absolute Gasteiger partial charge is 0.216 e. The summed E-state index contributed by atoms with van der Waals surface area (Å²) >= 11 is 13.2. The van der Waals surface area contributed by atoms with Gasteiger partial charge >= 0.3 is 0 Å². The number of aromatic nitrogens is 3. The molecule has 0 radical (unpaired) electrons. The molecule has 6 nitrogen and oxygen atoms in total. The number of hydrogen-bond acceptors (Lipinski definition) is 5. The number of amides is 1. The largest absolute Gasteiger partial charge is 0.356 e. The van der Waals surface area contributed by atoms with Crippen molar-refractivity contribution in [3.63, 3.8) is 0 Å². The number of hydrogen-bond donors (Lipinski definition) is 1. The van der Waals surface area contributed by atoms with Crippen molar-refractivity contribution in [3.8, 4) is 5.69 Å². The molecule has 9 heteroatoms. The molecule has 0 atom stereocenters. The number of carbonyl (C=O) groups is 2. The van der Waals surface area contributed by atoms with Crippen molar-refractivity contribution < 1.29 is 9.59 Å². The monoisotopic (exact) mass is 462 g/mol. The van der Waals surface area contributed by atoms with Crippen LogP contribution in [0.25, 0.3) is 5.69 Å². The summed E-state index contributed by atoms with van der Waals surface area (Å²) in [5, 5.41) is 13.2. The lowest BCUT2D eigenvalue weighted by Crippen LogP contribution is -2.21. The Labute approximate surface area is 189 Å². The molecule has 156 valence electrons. The Morgan fingerprint density at radius 3 is 2.27 bits per heavy atom. The minimum atomic E-state index is -0.0638. The molecule has 1 heterocycles. The van der Waals surface area contributed by atoms with Crippen LogP contribution in [0.2, 0.25) is 10.0 Å². The number of nitrogens with zero attached hydrogens (tertiary/aromatic N) is 3. The highest BCUT2D eigenvalue weighted by molar-refractivity contribution is 7.99. The highest BCUT2D eigenvalue weighted by Crippen LogP contribution is 2.25. The van der Waals surface area contributed by atoms with Gasteiger partial charge in [-0.25, -0.2) is 0 Å². The van der Waals surface area contributed by atoms with Crippen LogP contribution in [0.3, 0.4) is 0 Å². The Morgan fingerprint density at radius 2 is 1.63 bits per heavy atom. The fraction of sp³-hybridized carbons (Fsp3) is 0.238. The zero-order valence-electron chi connectivity index (χ0n) is 16.3. The van der Waals surface area contributed by atoms with E-state index in [1.165, 1.54) is 18.7 Å². The Morgan fingerprint density at radius 1 is 1.00 bits per heavy atom. The Bertz CT molecular complexity index is 1020. The first kappa shape index (κ1) is 22.3. The maximum Gasteiger partial charge on any atom is 0.216 e. The fourth-order valence-electron chi connectivity index (χ4n) is 2.77. The van der Waals surface area contributed by atoms with Crippen LogP contribution in [0.1, 0.15) is 29.5 Å². The van der Waals surface area contributed by atoms with Gasteiger partial charge in [-0.1, -0.05) is 35.0 Å². The van der Waals surface area contributed by atoms with Gasteiger partial charge in [0.1, 0.15) is 5.82 Å². The van der Waals surface area contributed by atoms with E-state index in [0.717, 1.165) is 17.9 Å². The van der Waals surface area contributed by atoms with Crippen LogP contribution in [0.5, 0.6) is 0 Å². The lowest BCUT2D eigenvalue weighted by Gasteiger charge is -2.10. The molecule has 2 aromatic carbocycles. The van der Waals surface area contributed by atoms with Crippen LogP contribution in [0.15, 0.2) is 53.7 Å². The first-order chi connectivity index (χ1) is 14.4. The molecule has 1 aromatic heterocycles. The van der Waals surface area contributed by atoms with Crippen molar-refractivity contribution in [2.24, 2.45) is 0 Å². The summed E-state index contributed by atoms with van der Waals surface area (Å²) in [6, 6.07) is 14.2. The van der Waals surface area contributed by atoms with E-state index in [4.69, 9.17) is 23.2 Å². The third kappa shape index (κ3) is 6.08. The van der Waals surface area contributed by atoms with Crippen molar-refractivity contribution in [1.29, 1.82) is 0 Å². The Hall–Kier alpha value is -2.35. The van der Waals surface area contributed by atoms with Crippen LogP contribution < -0.4 is 5.32 Å². The molecular formula is C21H20Cl2N4O2S. The summed E-state index contributed by atoms with van der Waals surface area (Å²) in [7, 11) is 0. The van der Waals surface area contributed by atoms with Crippen LogP contribution in [-0.2, 0) is 11.2 Å². The molecule has 0 bridgehead atoms. The Kier molecular flexibility index (Phi) is 7.90. The second-order valence-electron chi connectivity index (χ2n) is 6.52. The summed E-state index contributed by atoms with van der Waals surface area (Å²) in [6.07, 6.45) is 1.35. The summed E-state index contributed by atoms with van der Waals surface area (Å²) in [5.74, 6) is 0.893. The third-order valence-corrected chi connectivity index (χ3v) is 5.67. The zero-order valence-corrected chi connectivity index (χ0v) is 18.6. The maximum absolute atomic E-state index is 12.5. The van der Waals surface area contributed by atoms with E-state index in [1.54, 1.807) is 36.4 Å². The van der Waals surface area contributed by atoms with Gasteiger partial charge in [0.15, 0.2) is 10.9 Å². The van der Waals surface area contributed by atoms with Gasteiger partial charge in [-0.2, -0.15) is 0 Å². The molecular weight excluding hydrogens is 443 g/mol. The molecule has 1 amide bonds. The van der Waals surface area contributed by atoms with E-state index in [1.807, 2.05) is 16.7 Å². The van der Waals surface area contributed by atoms with Gasteiger partial charge in [0.05, 0.1) is 5.75 Å². The number of benzene rings is 2. The van der Waals surface area contributed by atoms with Gasteiger partial charge in [0.2, 0.25) is 5.91 Å². The second kappa shape index (κ2) is 10.6. The van der Waals surface area contributed by atoms with E-state index in [0.29, 0.717) is 33.7 Å². The fourth-order valence-corrected chi connectivity index (χ4v) is 3.88. The number of Topliss-reactive ketones (excluding diaryl/α,β-unsaturated/α-hetero) is 1. The van der Waals surface area contributed by atoms with E-state index in [-0.39, 0.29) is 17.4 Å². The van der Waals surface area contributed by atoms with Crippen molar-refractivity contribution in [1.82, 2.24) is 20.1 Å². The minimum Gasteiger partial charge on any atom is -0.356 e. The molecule has 0 unspecified atom stereocenters. The second-order valence-corrected chi connectivity index (χ2v) is 8.33. The summed E-state index contributed by atoms with van der Waals surface area (Å²) in [6.45, 7) is 2.04. The van der Waals surface area contributed by atoms with Crippen LogP contribution in [-0.4, -0.2) is 38.8 Å². The Balaban J connectivity index is 1.77. The SMILES string of the molecule is CC(=O)NCCCc1nnc(SCC(=O)c2ccc(Cl)cc2)n1-c1ccc(Cl)cc1. The third-order valence-electron chi connectivity index (χ3n) is 4.23. The van der Waals surface area contributed by atoms with Gasteiger partial charge in [0.25, 0.3) is 0 Å². The molecule has 0 saturated carbocycles. The first-order valence-corrected chi connectivity index (χ1v) is 11.0. The number of rotatable bonds is 9. The molecule has 3 rings (SSSR count). The molecule has 3 aromatic rings. The molecule has 0 fully saturated rings. The van der Waals surface area contributed by atoms with E-state index < -0.39 is 0 Å². The van der Waals surface area contributed by atoms with Crippen LogP contribution in [0.4, 0.5) is 0 Å². The molecule has 1 N–H and O–H groups in total. The molecule has 0 spiro atoms. The van der Waals surface area contributed by atoms with E-state index >= 15 is 0 Å². The average molecular weight is 463 g/mol. The lowest BCUT2D eigenvalue weighted by atomic mass is 10.1. The van der Waals surface area contributed by atoms with Crippen molar-refractivity contribution in [2.45, 2.75) is 24.9 Å². The van der Waals surface area contributed by atoms with Gasteiger partial charge < -0.3 is 5.32 Å². The van der Waals surface area contributed by atoms with Crippen molar-refractivity contribution in [2.75, 3.05) is 12.3 Å². The van der Waals surface area contributed by atoms with Crippen molar-refractivity contribution >= 4 is 46.7 Å². The quantitative estimate of drug-likeness (QED) is 0.285. The minimum absolute atomic E-state index is 0.0190. The number of aryl methyl sites for hydroxylation is 1. The number of ketones is 1. The lowest BCUT2D eigenvalue weighted by molar-refractivity contribution is -0.118. The molecule has 0 aliphatic rings. The highest BCUT2D eigenvalue weighted by atomic mass is 35.5.